The Morgan fingerprint density at radius 2 is 1.84 bits per heavy atom. The fourth-order valence-corrected chi connectivity index (χ4v) is 3.95. The summed E-state index contributed by atoms with van der Waals surface area (Å²) in [6.45, 7) is 1.93. The summed E-state index contributed by atoms with van der Waals surface area (Å²) in [5, 5.41) is 5.24. The number of hydrogen-bond donors (Lipinski definition) is 1. The minimum atomic E-state index is -0.242. The van der Waals surface area contributed by atoms with Crippen LogP contribution in [0.1, 0.15) is 16.1 Å². The van der Waals surface area contributed by atoms with Crippen molar-refractivity contribution >= 4 is 66.7 Å². The van der Waals surface area contributed by atoms with Crippen LogP contribution in [0, 0.1) is 6.92 Å². The van der Waals surface area contributed by atoms with Crippen LogP contribution in [-0.4, -0.2) is 15.9 Å². The van der Waals surface area contributed by atoms with Gasteiger partial charge in [0.05, 0.1) is 20.3 Å². The molecule has 2 aromatic heterocycles. The van der Waals surface area contributed by atoms with Gasteiger partial charge in [-0.2, -0.15) is 0 Å². The Kier molecular flexibility index (Phi) is 4.07. The molecule has 0 saturated carbocycles. The monoisotopic (exact) mass is 387 g/mol. The number of pyridine rings is 1. The number of amides is 1. The summed E-state index contributed by atoms with van der Waals surface area (Å²) in [4.78, 5) is 21.3. The van der Waals surface area contributed by atoms with Crippen molar-refractivity contribution in [3.05, 3.63) is 63.8 Å². The predicted octanol–water partition coefficient (Wildman–Crippen LogP) is 5.71. The van der Waals surface area contributed by atoms with Crippen molar-refractivity contribution in [3.8, 4) is 0 Å². The summed E-state index contributed by atoms with van der Waals surface area (Å²) in [7, 11) is 0. The molecule has 0 radical (unpaired) electrons. The molecule has 2 aromatic carbocycles. The van der Waals surface area contributed by atoms with Crippen molar-refractivity contribution in [2.24, 2.45) is 0 Å². The fourth-order valence-electron chi connectivity index (χ4n) is 2.54. The Morgan fingerprint density at radius 3 is 2.64 bits per heavy atom. The largest absolute Gasteiger partial charge is 0.298 e. The van der Waals surface area contributed by atoms with Gasteiger partial charge >= 0.3 is 0 Å². The highest BCUT2D eigenvalue weighted by Crippen LogP contribution is 2.36. The third kappa shape index (κ3) is 3.06. The normalized spacial score (nSPS) is 11.2. The first-order chi connectivity index (χ1) is 12.0. The number of rotatable bonds is 2. The smallest absolute Gasteiger partial charge is 0.257 e. The van der Waals surface area contributed by atoms with E-state index in [1.165, 1.54) is 11.3 Å². The van der Waals surface area contributed by atoms with Crippen LogP contribution < -0.4 is 5.32 Å². The average molecular weight is 388 g/mol. The van der Waals surface area contributed by atoms with Gasteiger partial charge in [-0.15, -0.1) is 0 Å². The molecule has 0 aliphatic rings. The molecule has 1 amide bonds. The van der Waals surface area contributed by atoms with Crippen LogP contribution in [-0.2, 0) is 0 Å². The standard InChI is InChI=1S/C18H11Cl2N3OS/c1-9-2-3-10-8-11(4-7-14(10)21-9)17(24)23-18-22-15-12(19)5-6-13(20)16(15)25-18/h2-8H,1H3,(H,22,23,24). The summed E-state index contributed by atoms with van der Waals surface area (Å²) < 4.78 is 0.752. The third-order valence-corrected chi connectivity index (χ3v) is 5.49. The zero-order chi connectivity index (χ0) is 17.6. The lowest BCUT2D eigenvalue weighted by atomic mass is 10.1. The van der Waals surface area contributed by atoms with Crippen molar-refractivity contribution in [1.82, 2.24) is 9.97 Å². The number of anilines is 1. The van der Waals surface area contributed by atoms with E-state index < -0.39 is 0 Å². The molecule has 124 valence electrons. The Morgan fingerprint density at radius 1 is 1.04 bits per heavy atom. The van der Waals surface area contributed by atoms with E-state index >= 15 is 0 Å². The maximum Gasteiger partial charge on any atom is 0.257 e. The van der Waals surface area contributed by atoms with E-state index in [-0.39, 0.29) is 5.91 Å². The molecule has 0 bridgehead atoms. The zero-order valence-corrected chi connectivity index (χ0v) is 15.3. The van der Waals surface area contributed by atoms with Crippen molar-refractivity contribution in [2.75, 3.05) is 5.32 Å². The van der Waals surface area contributed by atoms with Crippen molar-refractivity contribution in [1.29, 1.82) is 0 Å². The van der Waals surface area contributed by atoms with Crippen LogP contribution in [0.2, 0.25) is 10.0 Å². The number of aryl methyl sites for hydroxylation is 1. The minimum Gasteiger partial charge on any atom is -0.298 e. The topological polar surface area (TPSA) is 54.9 Å². The molecule has 4 aromatic rings. The Bertz CT molecular complexity index is 1100. The van der Waals surface area contributed by atoms with Crippen LogP contribution in [0.25, 0.3) is 21.1 Å². The lowest BCUT2D eigenvalue weighted by Crippen LogP contribution is -2.11. The van der Waals surface area contributed by atoms with Crippen LogP contribution in [0.15, 0.2) is 42.5 Å². The molecule has 1 N–H and O–H groups in total. The van der Waals surface area contributed by atoms with Gasteiger partial charge in [-0.1, -0.05) is 40.6 Å². The molecule has 0 unspecified atom stereocenters. The number of halogens is 2. The molecule has 0 saturated heterocycles. The number of benzene rings is 2. The Balaban J connectivity index is 1.67. The van der Waals surface area contributed by atoms with Crippen molar-refractivity contribution in [3.63, 3.8) is 0 Å². The predicted molar refractivity (Wildman–Crippen MR) is 104 cm³/mol. The first kappa shape index (κ1) is 16.3. The minimum absolute atomic E-state index is 0.242. The van der Waals surface area contributed by atoms with Gasteiger partial charge in [-0.25, -0.2) is 4.98 Å². The Hall–Kier alpha value is -2.21. The van der Waals surface area contributed by atoms with Gasteiger partial charge in [-0.3, -0.25) is 15.1 Å². The zero-order valence-electron chi connectivity index (χ0n) is 13.0. The van der Waals surface area contributed by atoms with E-state index in [4.69, 9.17) is 23.2 Å². The van der Waals surface area contributed by atoms with Gasteiger partial charge in [0.1, 0.15) is 5.52 Å². The molecule has 0 aliphatic heterocycles. The second-order valence-corrected chi connectivity index (χ2v) is 7.35. The van der Waals surface area contributed by atoms with Crippen LogP contribution in [0.5, 0.6) is 0 Å². The maximum atomic E-state index is 12.5. The highest BCUT2D eigenvalue weighted by Gasteiger charge is 2.14. The van der Waals surface area contributed by atoms with E-state index in [2.05, 4.69) is 15.3 Å². The van der Waals surface area contributed by atoms with Crippen LogP contribution in [0.4, 0.5) is 5.13 Å². The average Bonchev–Trinajstić information content (AvgIpc) is 3.03. The van der Waals surface area contributed by atoms with Crippen molar-refractivity contribution in [2.45, 2.75) is 6.92 Å². The summed E-state index contributed by atoms with van der Waals surface area (Å²) in [6.07, 6.45) is 0. The lowest BCUT2D eigenvalue weighted by molar-refractivity contribution is 0.102. The van der Waals surface area contributed by atoms with E-state index in [0.717, 1.165) is 21.3 Å². The molecule has 2 heterocycles. The summed E-state index contributed by atoms with van der Waals surface area (Å²) in [6, 6.07) is 12.7. The molecule has 25 heavy (non-hydrogen) atoms. The number of hydrogen-bond acceptors (Lipinski definition) is 4. The molecule has 0 atom stereocenters. The quantitative estimate of drug-likeness (QED) is 0.478. The molecule has 4 nitrogen and oxygen atoms in total. The molecular formula is C18H11Cl2N3OS. The van der Waals surface area contributed by atoms with Gasteiger partial charge in [0.2, 0.25) is 0 Å². The van der Waals surface area contributed by atoms with Gasteiger partial charge in [0.15, 0.2) is 5.13 Å². The number of nitrogens with one attached hydrogen (secondary N) is 1. The molecule has 4 rings (SSSR count). The van der Waals surface area contributed by atoms with Crippen LogP contribution in [0.3, 0.4) is 0 Å². The highest BCUT2D eigenvalue weighted by molar-refractivity contribution is 7.23. The number of fused-ring (bicyclic) bond motifs is 2. The van der Waals surface area contributed by atoms with E-state index in [0.29, 0.717) is 26.3 Å². The first-order valence-electron chi connectivity index (χ1n) is 7.44. The van der Waals surface area contributed by atoms with E-state index in [1.54, 1.807) is 18.2 Å². The molecule has 0 fully saturated rings. The van der Waals surface area contributed by atoms with Gasteiger partial charge in [0.25, 0.3) is 5.91 Å². The second kappa shape index (κ2) is 6.26. The van der Waals surface area contributed by atoms with E-state index in [9.17, 15) is 4.79 Å². The number of carbonyl (C=O) groups excluding carboxylic acids is 1. The molecule has 7 heteroatoms. The van der Waals surface area contributed by atoms with Gasteiger partial charge < -0.3 is 0 Å². The molecular weight excluding hydrogens is 377 g/mol. The molecule has 0 spiro atoms. The fraction of sp³-hybridized carbons (Fsp3) is 0.0556. The van der Waals surface area contributed by atoms with Gasteiger partial charge in [-0.05, 0) is 43.3 Å². The Labute approximate surface area is 157 Å². The van der Waals surface area contributed by atoms with Crippen LogP contribution >= 0.6 is 34.5 Å². The maximum absolute atomic E-state index is 12.5. The first-order valence-corrected chi connectivity index (χ1v) is 9.02. The summed E-state index contributed by atoms with van der Waals surface area (Å²) in [5.74, 6) is -0.242. The van der Waals surface area contributed by atoms with Crippen molar-refractivity contribution < 1.29 is 4.79 Å². The lowest BCUT2D eigenvalue weighted by Gasteiger charge is -2.04. The van der Waals surface area contributed by atoms with E-state index in [1.807, 2.05) is 31.2 Å². The SMILES string of the molecule is Cc1ccc2cc(C(=O)Nc3nc4c(Cl)ccc(Cl)c4s3)ccc2n1. The van der Waals surface area contributed by atoms with Gasteiger partial charge in [0, 0.05) is 16.6 Å². The number of nitrogens with zero attached hydrogens (tertiary/aromatic N) is 2. The molecule has 0 aliphatic carbocycles. The number of carbonyl (C=O) groups is 1. The number of thiazole rings is 1. The number of aromatic nitrogens is 2. The summed E-state index contributed by atoms with van der Waals surface area (Å²) in [5.41, 5.74) is 2.92. The summed E-state index contributed by atoms with van der Waals surface area (Å²) >= 11 is 13.6. The third-order valence-electron chi connectivity index (χ3n) is 3.76. The second-order valence-electron chi connectivity index (χ2n) is 5.54. The highest BCUT2D eigenvalue weighted by atomic mass is 35.5.